The molecule has 0 aliphatic heterocycles. The summed E-state index contributed by atoms with van der Waals surface area (Å²) in [6.07, 6.45) is 3.76. The van der Waals surface area contributed by atoms with Gasteiger partial charge in [0.25, 0.3) is 0 Å². The molecule has 0 saturated heterocycles. The molecule has 1 amide bonds. The Bertz CT molecular complexity index is 739. The zero-order valence-corrected chi connectivity index (χ0v) is 17.8. The average Bonchev–Trinajstić information content (AvgIpc) is 2.74. The van der Waals surface area contributed by atoms with Gasteiger partial charge in [0.15, 0.2) is 6.04 Å². The number of ether oxygens (including phenoxy) is 1. The van der Waals surface area contributed by atoms with Crippen molar-refractivity contribution in [2.45, 2.75) is 38.3 Å². The highest BCUT2D eigenvalue weighted by Gasteiger charge is 2.26. The molecule has 1 atom stereocenters. The fourth-order valence-corrected chi connectivity index (χ4v) is 3.11. The lowest BCUT2D eigenvalue weighted by molar-refractivity contribution is -0.200. The number of nitrogens with zero attached hydrogens (tertiary/aromatic N) is 1. The van der Waals surface area contributed by atoms with E-state index in [-0.39, 0.29) is 13.0 Å². The molecule has 0 aliphatic carbocycles. The third-order valence-corrected chi connectivity index (χ3v) is 4.88. The van der Waals surface area contributed by atoms with Crippen LogP contribution in [-0.2, 0) is 27.5 Å². The van der Waals surface area contributed by atoms with Crippen LogP contribution >= 0.6 is 15.9 Å². The van der Waals surface area contributed by atoms with E-state index < -0.39 is 12.0 Å². The van der Waals surface area contributed by atoms with Crippen LogP contribution in [0, 0.1) is 0 Å². The van der Waals surface area contributed by atoms with Gasteiger partial charge in [0.2, 0.25) is 6.41 Å². The summed E-state index contributed by atoms with van der Waals surface area (Å²) in [5.41, 5.74) is 1.63. The highest BCUT2D eigenvalue weighted by molar-refractivity contribution is 9.09. The number of hydroxylamine groups is 2. The molecule has 0 radical (unpaired) electrons. The first-order valence-electron chi connectivity index (χ1n) is 9.55. The number of amides is 1. The number of aliphatic carboxylic acids is 1. The van der Waals surface area contributed by atoms with Gasteiger partial charge in [0.1, 0.15) is 12.4 Å². The molecule has 1 N–H and O–H groups in total. The van der Waals surface area contributed by atoms with Crippen molar-refractivity contribution in [2.24, 2.45) is 0 Å². The molecule has 6 nitrogen and oxygen atoms in total. The van der Waals surface area contributed by atoms with E-state index in [1.807, 2.05) is 54.6 Å². The molecule has 29 heavy (non-hydrogen) atoms. The average molecular weight is 464 g/mol. The van der Waals surface area contributed by atoms with Crippen LogP contribution in [0.3, 0.4) is 0 Å². The number of unbranched alkanes of at least 4 members (excludes halogenated alkanes) is 2. The van der Waals surface area contributed by atoms with Gasteiger partial charge in [-0.3, -0.25) is 9.63 Å². The predicted molar refractivity (Wildman–Crippen MR) is 114 cm³/mol. The molecular weight excluding hydrogens is 438 g/mol. The van der Waals surface area contributed by atoms with Crippen molar-refractivity contribution >= 4 is 28.3 Å². The first kappa shape index (κ1) is 22.9. The molecular formula is C22H26BrNO5. The monoisotopic (exact) mass is 463 g/mol. The highest BCUT2D eigenvalue weighted by atomic mass is 79.9. The van der Waals surface area contributed by atoms with Gasteiger partial charge in [-0.25, -0.2) is 9.86 Å². The van der Waals surface area contributed by atoms with Gasteiger partial charge >= 0.3 is 5.97 Å². The molecule has 0 heterocycles. The third kappa shape index (κ3) is 8.25. The van der Waals surface area contributed by atoms with Crippen LogP contribution < -0.4 is 4.74 Å². The van der Waals surface area contributed by atoms with E-state index in [1.165, 1.54) is 0 Å². The standard InChI is InChI=1S/C22H26BrNO5/c23-13-5-2-6-14-28-20-11-9-18(10-12-20)15-21(22(26)27)24(17-25)29-16-19-7-3-1-4-8-19/h1,3-4,7-12,17,21H,2,5-6,13-16H2,(H,26,27). The van der Waals surface area contributed by atoms with E-state index in [2.05, 4.69) is 15.9 Å². The van der Waals surface area contributed by atoms with Crippen LogP contribution in [0.1, 0.15) is 30.4 Å². The van der Waals surface area contributed by atoms with Crippen molar-refractivity contribution < 1.29 is 24.3 Å². The van der Waals surface area contributed by atoms with E-state index in [0.29, 0.717) is 13.0 Å². The molecule has 156 valence electrons. The normalized spacial score (nSPS) is 11.6. The predicted octanol–water partition coefficient (Wildman–Crippen LogP) is 4.22. The second-order valence-electron chi connectivity index (χ2n) is 6.52. The molecule has 0 saturated carbocycles. The minimum atomic E-state index is -1.13. The van der Waals surface area contributed by atoms with Gasteiger partial charge in [-0.15, -0.1) is 0 Å². The second kappa shape index (κ2) is 13.0. The van der Waals surface area contributed by atoms with E-state index >= 15 is 0 Å². The maximum absolute atomic E-state index is 11.7. The molecule has 2 rings (SSSR count). The Morgan fingerprint density at radius 1 is 1.03 bits per heavy atom. The minimum Gasteiger partial charge on any atom is -0.494 e. The Hall–Kier alpha value is -2.38. The maximum atomic E-state index is 11.7. The van der Waals surface area contributed by atoms with Crippen LogP contribution in [0.4, 0.5) is 0 Å². The summed E-state index contributed by atoms with van der Waals surface area (Å²) in [6.45, 7) is 0.765. The summed E-state index contributed by atoms with van der Waals surface area (Å²) in [5, 5.41) is 11.4. The first-order chi connectivity index (χ1) is 14.1. The van der Waals surface area contributed by atoms with Gasteiger partial charge in [0.05, 0.1) is 6.61 Å². The number of halogens is 1. The van der Waals surface area contributed by atoms with E-state index in [0.717, 1.165) is 46.5 Å². The fourth-order valence-electron chi connectivity index (χ4n) is 2.71. The minimum absolute atomic E-state index is 0.116. The number of carboxylic acid groups (broad SMARTS) is 1. The van der Waals surface area contributed by atoms with Gasteiger partial charge in [-0.2, -0.15) is 0 Å². The fraction of sp³-hybridized carbons (Fsp3) is 0.364. The van der Waals surface area contributed by atoms with Crippen molar-refractivity contribution in [3.05, 3.63) is 65.7 Å². The molecule has 0 aromatic heterocycles. The molecule has 2 aromatic carbocycles. The van der Waals surface area contributed by atoms with Crippen LogP contribution in [0.25, 0.3) is 0 Å². The summed E-state index contributed by atoms with van der Waals surface area (Å²) in [7, 11) is 0. The number of carbonyl (C=O) groups excluding carboxylic acids is 1. The van der Waals surface area contributed by atoms with Gasteiger partial charge in [-0.1, -0.05) is 58.4 Å². The summed E-state index contributed by atoms with van der Waals surface area (Å²) in [5.74, 6) is -0.385. The number of hydrogen-bond donors (Lipinski definition) is 1. The van der Waals surface area contributed by atoms with Crippen molar-refractivity contribution in [3.63, 3.8) is 0 Å². The number of benzene rings is 2. The molecule has 0 bridgehead atoms. The lowest BCUT2D eigenvalue weighted by Crippen LogP contribution is -2.41. The van der Waals surface area contributed by atoms with Crippen molar-refractivity contribution in [3.8, 4) is 5.75 Å². The first-order valence-corrected chi connectivity index (χ1v) is 10.7. The summed E-state index contributed by atoms with van der Waals surface area (Å²) >= 11 is 3.40. The number of hydrogen-bond acceptors (Lipinski definition) is 4. The molecule has 7 heteroatoms. The van der Waals surface area contributed by atoms with E-state index in [4.69, 9.17) is 9.57 Å². The van der Waals surface area contributed by atoms with Gasteiger partial charge < -0.3 is 9.84 Å². The number of alkyl halides is 1. The SMILES string of the molecule is O=CN(OCc1ccccc1)C(Cc1ccc(OCCCCCBr)cc1)C(=O)O. The summed E-state index contributed by atoms with van der Waals surface area (Å²) in [4.78, 5) is 28.6. The third-order valence-electron chi connectivity index (χ3n) is 4.32. The lowest BCUT2D eigenvalue weighted by Gasteiger charge is -2.24. The Kier molecular flexibility index (Phi) is 10.2. The summed E-state index contributed by atoms with van der Waals surface area (Å²) < 4.78 is 5.69. The topological polar surface area (TPSA) is 76.1 Å². The molecule has 2 aromatic rings. The van der Waals surface area contributed by atoms with Crippen LogP contribution in [0.5, 0.6) is 5.75 Å². The highest BCUT2D eigenvalue weighted by Crippen LogP contribution is 2.16. The Balaban J connectivity index is 1.91. The smallest absolute Gasteiger partial charge is 0.329 e. The summed E-state index contributed by atoms with van der Waals surface area (Å²) in [6, 6.07) is 15.4. The van der Waals surface area contributed by atoms with Gasteiger partial charge in [-0.05, 0) is 42.5 Å². The molecule has 0 fully saturated rings. The van der Waals surface area contributed by atoms with Crippen LogP contribution in [0.2, 0.25) is 0 Å². The van der Waals surface area contributed by atoms with Crippen molar-refractivity contribution in [1.82, 2.24) is 5.06 Å². The van der Waals surface area contributed by atoms with Crippen molar-refractivity contribution in [1.29, 1.82) is 0 Å². The zero-order chi connectivity index (χ0) is 20.9. The quantitative estimate of drug-likeness (QED) is 0.196. The van der Waals surface area contributed by atoms with Gasteiger partial charge in [0, 0.05) is 11.8 Å². The maximum Gasteiger partial charge on any atom is 0.329 e. The molecule has 1 unspecified atom stereocenters. The lowest BCUT2D eigenvalue weighted by atomic mass is 10.1. The Morgan fingerprint density at radius 3 is 2.38 bits per heavy atom. The number of carbonyl (C=O) groups is 2. The Morgan fingerprint density at radius 2 is 1.76 bits per heavy atom. The Labute approximate surface area is 179 Å². The van der Waals surface area contributed by atoms with E-state index in [1.54, 1.807) is 0 Å². The molecule has 0 aliphatic rings. The molecule has 0 spiro atoms. The second-order valence-corrected chi connectivity index (χ2v) is 7.32. The largest absolute Gasteiger partial charge is 0.494 e. The van der Waals surface area contributed by atoms with Crippen LogP contribution in [-0.4, -0.2) is 40.5 Å². The zero-order valence-electron chi connectivity index (χ0n) is 16.2. The van der Waals surface area contributed by atoms with Crippen molar-refractivity contribution in [2.75, 3.05) is 11.9 Å². The number of rotatable bonds is 14. The number of carboxylic acids is 1. The van der Waals surface area contributed by atoms with E-state index in [9.17, 15) is 14.7 Å². The van der Waals surface area contributed by atoms with Crippen LogP contribution in [0.15, 0.2) is 54.6 Å².